The van der Waals surface area contributed by atoms with Gasteiger partial charge in [0, 0.05) is 22.5 Å². The van der Waals surface area contributed by atoms with Crippen molar-refractivity contribution < 1.29 is 9.90 Å². The molecule has 0 aliphatic heterocycles. The van der Waals surface area contributed by atoms with Crippen molar-refractivity contribution in [2.75, 3.05) is 0 Å². The Morgan fingerprint density at radius 1 is 1.12 bits per heavy atom. The SMILES string of the molecule is O=C(NC1CCc2cc(O)ccc2C1)N[C@@H]1C[C@H]1c1ccccc1Br. The third-order valence-corrected chi connectivity index (χ3v) is 5.89. The Balaban J connectivity index is 1.31. The number of aromatic hydroxyl groups is 1. The van der Waals surface area contributed by atoms with Crippen molar-refractivity contribution in [3.05, 3.63) is 63.6 Å². The molecule has 1 fully saturated rings. The summed E-state index contributed by atoms with van der Waals surface area (Å²) in [5, 5.41) is 15.8. The molecule has 4 nitrogen and oxygen atoms in total. The molecule has 0 bridgehead atoms. The van der Waals surface area contributed by atoms with Crippen molar-refractivity contribution in [1.29, 1.82) is 0 Å². The van der Waals surface area contributed by atoms with E-state index in [0.717, 1.165) is 30.2 Å². The second kappa shape index (κ2) is 6.71. The number of halogens is 1. The molecule has 2 aliphatic carbocycles. The second-order valence-corrected chi connectivity index (χ2v) is 7.84. The zero-order valence-corrected chi connectivity index (χ0v) is 15.4. The molecule has 5 heteroatoms. The molecule has 0 radical (unpaired) electrons. The molecule has 1 unspecified atom stereocenters. The lowest BCUT2D eigenvalue weighted by Gasteiger charge is -2.25. The topological polar surface area (TPSA) is 61.4 Å². The van der Waals surface area contributed by atoms with Crippen molar-refractivity contribution in [2.24, 2.45) is 0 Å². The second-order valence-electron chi connectivity index (χ2n) is 6.98. The summed E-state index contributed by atoms with van der Waals surface area (Å²) in [6.45, 7) is 0. The van der Waals surface area contributed by atoms with Crippen LogP contribution in [-0.4, -0.2) is 23.2 Å². The monoisotopic (exact) mass is 400 g/mol. The number of phenols is 1. The van der Waals surface area contributed by atoms with Crippen LogP contribution in [0.15, 0.2) is 46.9 Å². The van der Waals surface area contributed by atoms with Crippen molar-refractivity contribution in [3.8, 4) is 5.75 Å². The Morgan fingerprint density at radius 2 is 1.96 bits per heavy atom. The highest BCUT2D eigenvalue weighted by atomic mass is 79.9. The van der Waals surface area contributed by atoms with Gasteiger partial charge in [-0.3, -0.25) is 0 Å². The Bertz CT molecular complexity index is 808. The highest BCUT2D eigenvalue weighted by Crippen LogP contribution is 2.43. The summed E-state index contributed by atoms with van der Waals surface area (Å²) in [5.41, 5.74) is 3.67. The van der Waals surface area contributed by atoms with Gasteiger partial charge in [-0.2, -0.15) is 0 Å². The molecule has 2 aliphatic rings. The minimum atomic E-state index is -0.0771. The number of rotatable bonds is 3. The molecule has 0 aromatic heterocycles. The van der Waals surface area contributed by atoms with Gasteiger partial charge in [0.15, 0.2) is 0 Å². The predicted octanol–water partition coefficient (Wildman–Crippen LogP) is 3.87. The zero-order valence-electron chi connectivity index (χ0n) is 13.8. The van der Waals surface area contributed by atoms with Gasteiger partial charge in [-0.15, -0.1) is 0 Å². The normalized spacial score (nSPS) is 24.3. The molecule has 2 aromatic carbocycles. The fourth-order valence-corrected chi connectivity index (χ4v) is 4.31. The highest BCUT2D eigenvalue weighted by molar-refractivity contribution is 9.10. The van der Waals surface area contributed by atoms with E-state index in [9.17, 15) is 9.90 Å². The number of phenolic OH excluding ortho intramolecular Hbond substituents is 1. The largest absolute Gasteiger partial charge is 0.508 e. The maximum Gasteiger partial charge on any atom is 0.315 e. The average Bonchev–Trinajstić information content (AvgIpc) is 3.34. The fourth-order valence-electron chi connectivity index (χ4n) is 3.73. The van der Waals surface area contributed by atoms with Crippen LogP contribution in [0.1, 0.15) is 35.4 Å². The molecule has 2 amide bonds. The first-order valence-electron chi connectivity index (χ1n) is 8.72. The first-order valence-corrected chi connectivity index (χ1v) is 9.51. The number of aryl methyl sites for hydroxylation is 1. The summed E-state index contributed by atoms with van der Waals surface area (Å²) in [5.74, 6) is 0.714. The van der Waals surface area contributed by atoms with Crippen LogP contribution < -0.4 is 10.6 Å². The van der Waals surface area contributed by atoms with Crippen LogP contribution >= 0.6 is 15.9 Å². The number of urea groups is 1. The van der Waals surface area contributed by atoms with Gasteiger partial charge in [0.25, 0.3) is 0 Å². The van der Waals surface area contributed by atoms with Gasteiger partial charge in [-0.05, 0) is 60.6 Å². The van der Waals surface area contributed by atoms with E-state index in [1.165, 1.54) is 16.7 Å². The summed E-state index contributed by atoms with van der Waals surface area (Å²) in [7, 11) is 0. The number of fused-ring (bicyclic) bond motifs is 1. The average molecular weight is 401 g/mol. The van der Waals surface area contributed by atoms with Gasteiger partial charge >= 0.3 is 6.03 Å². The highest BCUT2D eigenvalue weighted by Gasteiger charge is 2.40. The van der Waals surface area contributed by atoms with E-state index in [1.807, 2.05) is 30.3 Å². The quantitative estimate of drug-likeness (QED) is 0.732. The summed E-state index contributed by atoms with van der Waals surface area (Å²) in [4.78, 5) is 12.3. The number of carbonyl (C=O) groups is 1. The molecule has 25 heavy (non-hydrogen) atoms. The molecular formula is C20H21BrN2O2. The first-order chi connectivity index (χ1) is 12.1. The van der Waals surface area contributed by atoms with E-state index in [1.54, 1.807) is 6.07 Å². The predicted molar refractivity (Wildman–Crippen MR) is 101 cm³/mol. The Morgan fingerprint density at radius 3 is 2.80 bits per heavy atom. The van der Waals surface area contributed by atoms with Gasteiger partial charge < -0.3 is 15.7 Å². The van der Waals surface area contributed by atoms with Crippen molar-refractivity contribution in [2.45, 2.75) is 43.7 Å². The molecule has 4 rings (SSSR count). The number of amides is 2. The Hall–Kier alpha value is -2.01. The number of nitrogens with one attached hydrogen (secondary N) is 2. The summed E-state index contributed by atoms with van der Waals surface area (Å²) in [6, 6.07) is 14.0. The third kappa shape index (κ3) is 3.66. The lowest BCUT2D eigenvalue weighted by Crippen LogP contribution is -2.45. The van der Waals surface area contributed by atoms with Crippen LogP contribution in [0.4, 0.5) is 4.79 Å². The lowest BCUT2D eigenvalue weighted by molar-refractivity contribution is 0.235. The van der Waals surface area contributed by atoms with Gasteiger partial charge in [-0.25, -0.2) is 4.79 Å². The van der Waals surface area contributed by atoms with Crippen molar-refractivity contribution in [1.82, 2.24) is 10.6 Å². The molecule has 130 valence electrons. The minimum Gasteiger partial charge on any atom is -0.508 e. The van der Waals surface area contributed by atoms with Gasteiger partial charge in [-0.1, -0.05) is 40.2 Å². The fraction of sp³-hybridized carbons (Fsp3) is 0.350. The van der Waals surface area contributed by atoms with Crippen LogP contribution in [0, 0.1) is 0 Å². The van der Waals surface area contributed by atoms with Gasteiger partial charge in [0.2, 0.25) is 0 Å². The van der Waals surface area contributed by atoms with Gasteiger partial charge in [0.1, 0.15) is 5.75 Å². The summed E-state index contributed by atoms with van der Waals surface area (Å²) >= 11 is 3.58. The maximum absolute atomic E-state index is 12.3. The summed E-state index contributed by atoms with van der Waals surface area (Å²) in [6.07, 6.45) is 3.60. The molecule has 2 aromatic rings. The van der Waals surface area contributed by atoms with Crippen LogP contribution in [0.3, 0.4) is 0 Å². The van der Waals surface area contributed by atoms with Crippen LogP contribution in [0.5, 0.6) is 5.75 Å². The molecule has 0 saturated heterocycles. The van der Waals surface area contributed by atoms with E-state index in [2.05, 4.69) is 32.6 Å². The Kier molecular flexibility index (Phi) is 4.42. The molecule has 3 N–H and O–H groups in total. The molecule has 1 saturated carbocycles. The van der Waals surface area contributed by atoms with E-state index in [4.69, 9.17) is 0 Å². The molecule has 0 heterocycles. The Labute approximate surface area is 155 Å². The smallest absolute Gasteiger partial charge is 0.315 e. The minimum absolute atomic E-state index is 0.0771. The number of hydrogen-bond donors (Lipinski definition) is 3. The van der Waals surface area contributed by atoms with E-state index in [0.29, 0.717) is 11.7 Å². The standard InChI is InChI=1S/C20H21BrN2O2/c21-18-4-2-1-3-16(18)17-11-19(17)23-20(25)22-14-7-5-13-10-15(24)8-6-12(13)9-14/h1-4,6,8,10,14,17,19,24H,5,7,9,11H2,(H2,22,23,25)/t14?,17-,19+/m0/s1. The van der Waals surface area contributed by atoms with Crippen LogP contribution in [0.25, 0.3) is 0 Å². The van der Waals surface area contributed by atoms with Crippen molar-refractivity contribution >= 4 is 22.0 Å². The third-order valence-electron chi connectivity index (χ3n) is 5.17. The number of benzene rings is 2. The summed E-state index contributed by atoms with van der Waals surface area (Å²) < 4.78 is 1.11. The van der Waals surface area contributed by atoms with Crippen molar-refractivity contribution in [3.63, 3.8) is 0 Å². The van der Waals surface area contributed by atoms with E-state index >= 15 is 0 Å². The van der Waals surface area contributed by atoms with Gasteiger partial charge in [0.05, 0.1) is 0 Å². The lowest BCUT2D eigenvalue weighted by atomic mass is 9.88. The first kappa shape index (κ1) is 16.5. The number of carbonyl (C=O) groups excluding carboxylic acids is 1. The van der Waals surface area contributed by atoms with Crippen LogP contribution in [0.2, 0.25) is 0 Å². The zero-order chi connectivity index (χ0) is 17.4. The molecule has 0 spiro atoms. The molecule has 3 atom stereocenters. The maximum atomic E-state index is 12.3. The molecular weight excluding hydrogens is 380 g/mol. The van der Waals surface area contributed by atoms with E-state index < -0.39 is 0 Å². The van der Waals surface area contributed by atoms with Crippen LogP contribution in [-0.2, 0) is 12.8 Å². The number of hydrogen-bond acceptors (Lipinski definition) is 2. The van der Waals surface area contributed by atoms with E-state index in [-0.39, 0.29) is 18.1 Å².